The highest BCUT2D eigenvalue weighted by atomic mass is 32.1. The van der Waals surface area contributed by atoms with E-state index in [9.17, 15) is 0 Å². The van der Waals surface area contributed by atoms with Crippen molar-refractivity contribution in [2.75, 3.05) is 0 Å². The van der Waals surface area contributed by atoms with E-state index in [0.29, 0.717) is 17.5 Å². The standard InChI is InChI=1S/C50H35N3S/c1-32-10-2-7-15-42(32)45-30-38-14-6-5-13-37(38)28-39(45)23-20-33-18-21-35(22-19-33)48-51-49(40-25-24-34-11-3-4-12-36(34)29-40)53-50(52-48)41-26-27-44-43-16-8-9-17-46(43)54-47(44)31-41/h2-19,21-22,24-31H,20,23H2,1H3. The number of aryl methyl sites for hydroxylation is 3. The van der Waals surface area contributed by atoms with E-state index in [1.165, 1.54) is 64.1 Å². The van der Waals surface area contributed by atoms with Crippen LogP contribution in [-0.4, -0.2) is 15.0 Å². The highest BCUT2D eigenvalue weighted by molar-refractivity contribution is 7.25. The molecule has 4 heteroatoms. The molecule has 2 heterocycles. The predicted octanol–water partition coefficient (Wildman–Crippen LogP) is 13.3. The summed E-state index contributed by atoms with van der Waals surface area (Å²) >= 11 is 1.81. The molecule has 0 spiro atoms. The van der Waals surface area contributed by atoms with Crippen LogP contribution in [0.25, 0.3) is 87.0 Å². The normalized spacial score (nSPS) is 11.6. The summed E-state index contributed by atoms with van der Waals surface area (Å²) in [7, 11) is 0. The Morgan fingerprint density at radius 2 is 0.981 bits per heavy atom. The van der Waals surface area contributed by atoms with Gasteiger partial charge in [0.2, 0.25) is 0 Å². The summed E-state index contributed by atoms with van der Waals surface area (Å²) in [5.74, 6) is 2.01. The molecule has 256 valence electrons. The molecule has 10 aromatic rings. The second-order valence-electron chi connectivity index (χ2n) is 14.0. The van der Waals surface area contributed by atoms with Crippen LogP contribution in [0, 0.1) is 6.92 Å². The van der Waals surface area contributed by atoms with Crippen LogP contribution >= 0.6 is 11.3 Å². The van der Waals surface area contributed by atoms with E-state index >= 15 is 0 Å². The first kappa shape index (κ1) is 32.2. The minimum atomic E-state index is 0.668. The van der Waals surface area contributed by atoms with Crippen molar-refractivity contribution in [2.24, 2.45) is 0 Å². The Morgan fingerprint density at radius 3 is 1.76 bits per heavy atom. The van der Waals surface area contributed by atoms with Crippen LogP contribution in [0.5, 0.6) is 0 Å². The van der Waals surface area contributed by atoms with Crippen LogP contribution in [0.15, 0.2) is 170 Å². The monoisotopic (exact) mass is 709 g/mol. The molecule has 0 aliphatic heterocycles. The van der Waals surface area contributed by atoms with Crippen molar-refractivity contribution in [1.29, 1.82) is 0 Å². The Hall–Kier alpha value is -6.49. The lowest BCUT2D eigenvalue weighted by Crippen LogP contribution is -2.00. The van der Waals surface area contributed by atoms with Gasteiger partial charge in [-0.3, -0.25) is 0 Å². The van der Waals surface area contributed by atoms with E-state index < -0.39 is 0 Å². The van der Waals surface area contributed by atoms with Gasteiger partial charge in [0, 0.05) is 36.9 Å². The fourth-order valence-electron chi connectivity index (χ4n) is 7.68. The quantitative estimate of drug-likeness (QED) is 0.165. The Bertz CT molecular complexity index is 3010. The highest BCUT2D eigenvalue weighted by Gasteiger charge is 2.15. The zero-order chi connectivity index (χ0) is 36.0. The molecule has 0 amide bonds. The number of rotatable bonds is 7. The molecule has 0 atom stereocenters. The smallest absolute Gasteiger partial charge is 0.164 e. The van der Waals surface area contributed by atoms with E-state index in [-0.39, 0.29) is 0 Å². The van der Waals surface area contributed by atoms with Gasteiger partial charge in [-0.1, -0.05) is 146 Å². The van der Waals surface area contributed by atoms with Crippen molar-refractivity contribution in [3.63, 3.8) is 0 Å². The van der Waals surface area contributed by atoms with Crippen molar-refractivity contribution in [3.8, 4) is 45.3 Å². The molecule has 0 saturated heterocycles. The first-order valence-corrected chi connectivity index (χ1v) is 19.3. The summed E-state index contributed by atoms with van der Waals surface area (Å²) in [6.07, 6.45) is 1.87. The lowest BCUT2D eigenvalue weighted by Gasteiger charge is -2.14. The lowest BCUT2D eigenvalue weighted by atomic mass is 9.90. The van der Waals surface area contributed by atoms with E-state index in [4.69, 9.17) is 15.0 Å². The van der Waals surface area contributed by atoms with Gasteiger partial charge in [0.1, 0.15) is 0 Å². The molecule has 0 unspecified atom stereocenters. The van der Waals surface area contributed by atoms with Crippen molar-refractivity contribution < 1.29 is 0 Å². The third-order valence-electron chi connectivity index (χ3n) is 10.6. The van der Waals surface area contributed by atoms with Gasteiger partial charge in [-0.25, -0.2) is 15.0 Å². The van der Waals surface area contributed by atoms with E-state index in [2.05, 4.69) is 177 Å². The predicted molar refractivity (Wildman–Crippen MR) is 228 cm³/mol. The molecule has 0 radical (unpaired) electrons. The van der Waals surface area contributed by atoms with E-state index in [0.717, 1.165) is 34.9 Å². The average molecular weight is 710 g/mol. The molecular weight excluding hydrogens is 675 g/mol. The minimum Gasteiger partial charge on any atom is -0.208 e. The van der Waals surface area contributed by atoms with Crippen LogP contribution in [-0.2, 0) is 12.8 Å². The molecule has 0 bridgehead atoms. The van der Waals surface area contributed by atoms with Crippen molar-refractivity contribution >= 4 is 53.1 Å². The topological polar surface area (TPSA) is 38.7 Å². The number of hydrogen-bond acceptors (Lipinski definition) is 4. The maximum absolute atomic E-state index is 5.11. The number of benzene rings is 8. The maximum Gasteiger partial charge on any atom is 0.164 e. The molecule has 8 aromatic carbocycles. The zero-order valence-corrected chi connectivity index (χ0v) is 30.6. The second-order valence-corrected chi connectivity index (χ2v) is 15.1. The fourth-order valence-corrected chi connectivity index (χ4v) is 8.82. The maximum atomic E-state index is 5.11. The summed E-state index contributed by atoms with van der Waals surface area (Å²) in [6, 6.07) is 60.9. The number of fused-ring (bicyclic) bond motifs is 5. The Morgan fingerprint density at radius 1 is 0.407 bits per heavy atom. The third-order valence-corrected chi connectivity index (χ3v) is 11.7. The first-order valence-electron chi connectivity index (χ1n) is 18.5. The Labute approximate surface area is 318 Å². The number of nitrogens with zero attached hydrogens (tertiary/aromatic N) is 3. The van der Waals surface area contributed by atoms with E-state index in [1.54, 1.807) is 11.3 Å². The van der Waals surface area contributed by atoms with Gasteiger partial charge in [0.05, 0.1) is 0 Å². The van der Waals surface area contributed by atoms with Gasteiger partial charge in [-0.2, -0.15) is 0 Å². The highest BCUT2D eigenvalue weighted by Crippen LogP contribution is 2.37. The Kier molecular flexibility index (Phi) is 8.04. The second kappa shape index (κ2) is 13.5. The van der Waals surface area contributed by atoms with Gasteiger partial charge in [0.25, 0.3) is 0 Å². The SMILES string of the molecule is Cc1ccccc1-c1cc2ccccc2cc1CCc1ccc(-c2nc(-c3ccc4ccccc4c3)nc(-c3ccc4c(c3)sc3ccccc34)n2)cc1. The zero-order valence-electron chi connectivity index (χ0n) is 29.8. The van der Waals surface area contributed by atoms with Gasteiger partial charge in [-0.15, -0.1) is 11.3 Å². The molecule has 10 rings (SSSR count). The van der Waals surface area contributed by atoms with Gasteiger partial charge in [0.15, 0.2) is 17.5 Å². The van der Waals surface area contributed by atoms with Gasteiger partial charge in [-0.05, 0) is 93.4 Å². The molecule has 2 aromatic heterocycles. The van der Waals surface area contributed by atoms with Crippen LogP contribution in [0.1, 0.15) is 16.7 Å². The number of hydrogen-bond donors (Lipinski definition) is 0. The molecule has 0 fully saturated rings. The van der Waals surface area contributed by atoms with Crippen LogP contribution < -0.4 is 0 Å². The molecule has 0 aliphatic carbocycles. The molecule has 0 saturated carbocycles. The lowest BCUT2D eigenvalue weighted by molar-refractivity contribution is 0.963. The summed E-state index contributed by atoms with van der Waals surface area (Å²) in [4.78, 5) is 15.3. The largest absolute Gasteiger partial charge is 0.208 e. The molecular formula is C50H35N3S. The van der Waals surface area contributed by atoms with Crippen LogP contribution in [0.4, 0.5) is 0 Å². The van der Waals surface area contributed by atoms with Gasteiger partial charge >= 0.3 is 0 Å². The van der Waals surface area contributed by atoms with Crippen LogP contribution in [0.3, 0.4) is 0 Å². The van der Waals surface area contributed by atoms with Crippen molar-refractivity contribution in [3.05, 3.63) is 187 Å². The summed E-state index contributed by atoms with van der Waals surface area (Å²) in [5, 5.41) is 7.44. The first-order chi connectivity index (χ1) is 26.6. The summed E-state index contributed by atoms with van der Waals surface area (Å²) < 4.78 is 2.51. The third kappa shape index (κ3) is 6.01. The van der Waals surface area contributed by atoms with Gasteiger partial charge < -0.3 is 0 Å². The van der Waals surface area contributed by atoms with E-state index in [1.807, 2.05) is 0 Å². The molecule has 3 nitrogen and oxygen atoms in total. The fraction of sp³-hybridized carbons (Fsp3) is 0.0600. The van der Waals surface area contributed by atoms with Crippen molar-refractivity contribution in [2.45, 2.75) is 19.8 Å². The summed E-state index contributed by atoms with van der Waals surface area (Å²) in [5.41, 5.74) is 9.48. The molecule has 54 heavy (non-hydrogen) atoms. The minimum absolute atomic E-state index is 0.668. The number of aromatic nitrogens is 3. The summed E-state index contributed by atoms with van der Waals surface area (Å²) in [6.45, 7) is 2.20. The molecule has 0 aliphatic rings. The van der Waals surface area contributed by atoms with Crippen molar-refractivity contribution in [1.82, 2.24) is 15.0 Å². The average Bonchev–Trinajstić information content (AvgIpc) is 3.61. The number of thiophene rings is 1. The Balaban J connectivity index is 1.01. The van der Waals surface area contributed by atoms with Crippen LogP contribution in [0.2, 0.25) is 0 Å². The molecule has 0 N–H and O–H groups in total.